The number of imide groups is 1. The van der Waals surface area contributed by atoms with E-state index < -0.39 is 28.9 Å². The lowest BCUT2D eigenvalue weighted by Crippen LogP contribution is -2.66. The van der Waals surface area contributed by atoms with E-state index in [4.69, 9.17) is 0 Å². The Morgan fingerprint density at radius 2 is 1.94 bits per heavy atom. The zero-order chi connectivity index (χ0) is 12.3. The van der Waals surface area contributed by atoms with Crippen LogP contribution >= 0.6 is 0 Å². The molecule has 1 atom stereocenters. The van der Waals surface area contributed by atoms with Crippen LogP contribution in [0.4, 0.5) is 0 Å². The van der Waals surface area contributed by atoms with Crippen LogP contribution in [0.5, 0.6) is 0 Å². The molecular weight excluding hydrogens is 212 g/mol. The normalized spacial score (nSPS) is 25.8. The molecule has 1 unspecified atom stereocenters. The average Bonchev–Trinajstić information content (AvgIpc) is 2.24. The first-order valence-corrected chi connectivity index (χ1v) is 4.65. The van der Waals surface area contributed by atoms with E-state index in [-0.39, 0.29) is 13.1 Å². The Balaban J connectivity index is 3.01. The van der Waals surface area contributed by atoms with Crippen molar-refractivity contribution in [2.24, 2.45) is 0 Å². The van der Waals surface area contributed by atoms with E-state index in [0.717, 1.165) is 11.0 Å². The molecule has 6 nitrogen and oxygen atoms in total. The zero-order valence-corrected chi connectivity index (χ0v) is 8.72. The molecule has 0 spiro atoms. The Kier molecular flexibility index (Phi) is 3.36. The molecule has 0 aromatic heterocycles. The number of carbonyl (C=O) groups is 3. The van der Waals surface area contributed by atoms with Gasteiger partial charge in [0.15, 0.2) is 0 Å². The fourth-order valence-corrected chi connectivity index (χ4v) is 1.42. The third kappa shape index (κ3) is 1.80. The van der Waals surface area contributed by atoms with Crippen LogP contribution in [0.1, 0.15) is 0 Å². The molecule has 0 aromatic carbocycles. The number of nitrogens with zero attached hydrogens (tertiary/aromatic N) is 2. The summed E-state index contributed by atoms with van der Waals surface area (Å²) >= 11 is 0. The lowest BCUT2D eigenvalue weighted by molar-refractivity contribution is -0.717. The van der Waals surface area contributed by atoms with Crippen molar-refractivity contribution >= 4 is 17.7 Å². The standard InChI is InChI=1S/C10H12N2O4/c1-3-5-11-7-8(13)12(16,6-4-2)10(15)9(11)14/h3-4H,1-2,5-7H2. The van der Waals surface area contributed by atoms with Gasteiger partial charge in [0.25, 0.3) is 0 Å². The van der Waals surface area contributed by atoms with Crippen molar-refractivity contribution in [3.05, 3.63) is 30.5 Å². The molecule has 1 fully saturated rings. The molecule has 1 aliphatic heterocycles. The summed E-state index contributed by atoms with van der Waals surface area (Å²) in [6, 6.07) is 0. The van der Waals surface area contributed by atoms with E-state index in [0.29, 0.717) is 0 Å². The second-order valence-electron chi connectivity index (χ2n) is 3.38. The second-order valence-corrected chi connectivity index (χ2v) is 3.38. The summed E-state index contributed by atoms with van der Waals surface area (Å²) in [4.78, 5) is 35.5. The quantitative estimate of drug-likeness (QED) is 0.213. The lowest BCUT2D eigenvalue weighted by atomic mass is 10.2. The van der Waals surface area contributed by atoms with Crippen molar-refractivity contribution in [1.29, 1.82) is 0 Å². The molecule has 1 heterocycles. The van der Waals surface area contributed by atoms with Gasteiger partial charge in [0.1, 0.15) is 13.1 Å². The molecule has 0 radical (unpaired) electrons. The number of carbonyl (C=O) groups excluding carboxylic acids is 3. The summed E-state index contributed by atoms with van der Waals surface area (Å²) in [6.45, 7) is 5.98. The molecule has 1 rings (SSSR count). The van der Waals surface area contributed by atoms with E-state index >= 15 is 0 Å². The van der Waals surface area contributed by atoms with Crippen LogP contribution < -0.4 is 0 Å². The highest BCUT2D eigenvalue weighted by atomic mass is 16.6. The van der Waals surface area contributed by atoms with Gasteiger partial charge in [0.05, 0.1) is 0 Å². The maximum atomic E-state index is 11.8. The fraction of sp³-hybridized carbons (Fsp3) is 0.300. The lowest BCUT2D eigenvalue weighted by Gasteiger charge is -2.40. The second kappa shape index (κ2) is 4.38. The predicted molar refractivity (Wildman–Crippen MR) is 55.5 cm³/mol. The first kappa shape index (κ1) is 12.3. The Labute approximate surface area is 92.6 Å². The van der Waals surface area contributed by atoms with Crippen LogP contribution in [-0.4, -0.2) is 46.9 Å². The maximum absolute atomic E-state index is 11.8. The van der Waals surface area contributed by atoms with Crippen LogP contribution in [0.25, 0.3) is 0 Å². The highest BCUT2D eigenvalue weighted by Gasteiger charge is 2.47. The molecule has 0 saturated carbocycles. The first-order valence-electron chi connectivity index (χ1n) is 4.65. The van der Waals surface area contributed by atoms with Gasteiger partial charge in [0, 0.05) is 6.54 Å². The Morgan fingerprint density at radius 3 is 2.44 bits per heavy atom. The summed E-state index contributed by atoms with van der Waals surface area (Å²) < 4.78 is -1.77. The number of amides is 3. The van der Waals surface area contributed by atoms with Crippen LogP contribution in [0.2, 0.25) is 0 Å². The molecule has 0 bridgehead atoms. The molecule has 1 saturated heterocycles. The van der Waals surface area contributed by atoms with Gasteiger partial charge in [-0.25, -0.2) is 14.2 Å². The topological polar surface area (TPSA) is 77.5 Å². The van der Waals surface area contributed by atoms with Crippen molar-refractivity contribution in [3.63, 3.8) is 0 Å². The van der Waals surface area contributed by atoms with Gasteiger partial charge in [-0.2, -0.15) is 0 Å². The van der Waals surface area contributed by atoms with E-state index in [1.54, 1.807) is 0 Å². The highest BCUT2D eigenvalue weighted by molar-refractivity contribution is 6.35. The van der Waals surface area contributed by atoms with Crippen LogP contribution in [0.3, 0.4) is 0 Å². The maximum Gasteiger partial charge on any atom is 0.411 e. The smallest absolute Gasteiger partial charge is 0.411 e. The van der Waals surface area contributed by atoms with Gasteiger partial charge >= 0.3 is 17.7 Å². The van der Waals surface area contributed by atoms with Crippen LogP contribution in [-0.2, 0) is 14.4 Å². The van der Waals surface area contributed by atoms with Gasteiger partial charge < -0.3 is 10.1 Å². The average molecular weight is 224 g/mol. The van der Waals surface area contributed by atoms with Crippen molar-refractivity contribution in [2.45, 2.75) is 0 Å². The molecule has 86 valence electrons. The molecule has 0 N–H and O–H groups in total. The predicted octanol–water partition coefficient (Wildman–Crippen LogP) is -0.432. The van der Waals surface area contributed by atoms with Crippen molar-refractivity contribution in [2.75, 3.05) is 19.6 Å². The van der Waals surface area contributed by atoms with Gasteiger partial charge in [-0.05, 0) is 6.08 Å². The minimum absolute atomic E-state index is 0.0738. The van der Waals surface area contributed by atoms with Crippen LogP contribution in [0, 0.1) is 5.21 Å². The zero-order valence-electron chi connectivity index (χ0n) is 8.72. The monoisotopic (exact) mass is 224 g/mol. The largest absolute Gasteiger partial charge is 0.617 e. The third-order valence-electron chi connectivity index (χ3n) is 2.26. The number of hydroxylamine groups is 3. The summed E-state index contributed by atoms with van der Waals surface area (Å²) in [5, 5.41) is 11.8. The van der Waals surface area contributed by atoms with Gasteiger partial charge in [-0.15, -0.1) is 6.58 Å². The summed E-state index contributed by atoms with van der Waals surface area (Å²) in [7, 11) is 0. The fourth-order valence-electron chi connectivity index (χ4n) is 1.42. The molecular formula is C10H12N2O4. The number of quaternary nitrogens is 1. The van der Waals surface area contributed by atoms with E-state index in [9.17, 15) is 19.6 Å². The van der Waals surface area contributed by atoms with Crippen LogP contribution in [0.15, 0.2) is 25.3 Å². The van der Waals surface area contributed by atoms with Gasteiger partial charge in [-0.1, -0.05) is 12.7 Å². The number of hydrogen-bond donors (Lipinski definition) is 0. The SMILES string of the molecule is C=CCN1CC(=O)[N+]([O-])(CC=C)C(=O)C1=O. The third-order valence-corrected chi connectivity index (χ3v) is 2.26. The molecule has 1 aliphatic rings. The minimum Gasteiger partial charge on any atom is -0.617 e. The highest BCUT2D eigenvalue weighted by Crippen LogP contribution is 2.15. The molecule has 16 heavy (non-hydrogen) atoms. The molecule has 6 heteroatoms. The number of piperazine rings is 1. The molecule has 0 aromatic rings. The summed E-state index contributed by atoms with van der Waals surface area (Å²) in [6.07, 6.45) is 2.54. The Bertz CT molecular complexity index is 377. The van der Waals surface area contributed by atoms with E-state index in [1.807, 2.05) is 0 Å². The number of hydrogen-bond acceptors (Lipinski definition) is 4. The molecule has 3 amide bonds. The van der Waals surface area contributed by atoms with Crippen molar-refractivity contribution in [3.8, 4) is 0 Å². The molecule has 0 aliphatic carbocycles. The van der Waals surface area contributed by atoms with Gasteiger partial charge in [-0.3, -0.25) is 4.79 Å². The van der Waals surface area contributed by atoms with E-state index in [1.165, 1.54) is 6.08 Å². The van der Waals surface area contributed by atoms with Gasteiger partial charge in [0.2, 0.25) is 0 Å². The van der Waals surface area contributed by atoms with Crippen molar-refractivity contribution < 1.29 is 19.0 Å². The van der Waals surface area contributed by atoms with Crippen molar-refractivity contribution in [1.82, 2.24) is 4.90 Å². The minimum atomic E-state index is -1.77. The first-order chi connectivity index (χ1) is 7.47. The summed E-state index contributed by atoms with van der Waals surface area (Å²) in [5.41, 5.74) is 0. The van der Waals surface area contributed by atoms with E-state index in [2.05, 4.69) is 13.2 Å². The number of rotatable bonds is 4. The Morgan fingerprint density at radius 1 is 1.31 bits per heavy atom. The Hall–Kier alpha value is -1.79. The summed E-state index contributed by atoms with van der Waals surface area (Å²) in [5.74, 6) is -3.07.